The van der Waals surface area contributed by atoms with Gasteiger partial charge in [-0.15, -0.1) is 11.6 Å². The molecule has 0 aliphatic carbocycles. The number of carbonyl (C=O) groups is 1. The molecule has 1 aromatic rings. The van der Waals surface area contributed by atoms with Gasteiger partial charge in [-0.1, -0.05) is 18.6 Å². The first kappa shape index (κ1) is 14.0. The third-order valence-electron chi connectivity index (χ3n) is 2.86. The quantitative estimate of drug-likeness (QED) is 0.824. The topological polar surface area (TPSA) is 29.1 Å². The highest BCUT2D eigenvalue weighted by molar-refractivity contribution is 6.18. The van der Waals surface area contributed by atoms with E-state index in [0.29, 0.717) is 12.3 Å². The summed E-state index contributed by atoms with van der Waals surface area (Å²) >= 11 is 5.80. The molecule has 17 heavy (non-hydrogen) atoms. The first-order valence-corrected chi connectivity index (χ1v) is 6.10. The Bertz CT molecular complexity index is 416. The van der Waals surface area contributed by atoms with Crippen molar-refractivity contribution in [1.82, 2.24) is 5.32 Å². The molecule has 4 heteroatoms. The first-order valence-electron chi connectivity index (χ1n) is 5.56. The predicted molar refractivity (Wildman–Crippen MR) is 68.0 cm³/mol. The van der Waals surface area contributed by atoms with Crippen molar-refractivity contribution in [3.63, 3.8) is 0 Å². The van der Waals surface area contributed by atoms with E-state index in [9.17, 15) is 9.18 Å². The van der Waals surface area contributed by atoms with Crippen LogP contribution in [0.3, 0.4) is 0 Å². The molecule has 0 heterocycles. The van der Waals surface area contributed by atoms with Gasteiger partial charge in [0.05, 0.1) is 11.1 Å². The monoisotopic (exact) mass is 257 g/mol. The van der Waals surface area contributed by atoms with Gasteiger partial charge in [-0.25, -0.2) is 4.39 Å². The van der Waals surface area contributed by atoms with Gasteiger partial charge in [-0.05, 0) is 32.4 Å². The van der Waals surface area contributed by atoms with Gasteiger partial charge in [0, 0.05) is 5.88 Å². The third kappa shape index (κ3) is 3.43. The highest BCUT2D eigenvalue weighted by Crippen LogP contribution is 2.15. The molecule has 0 fully saturated rings. The number of alkyl halides is 1. The van der Waals surface area contributed by atoms with E-state index in [-0.39, 0.29) is 5.56 Å². The number of hydrogen-bond donors (Lipinski definition) is 1. The third-order valence-corrected chi connectivity index (χ3v) is 3.45. The summed E-state index contributed by atoms with van der Waals surface area (Å²) < 4.78 is 13.5. The fraction of sp³-hybridized carbons (Fsp3) is 0.462. The lowest BCUT2D eigenvalue weighted by molar-refractivity contribution is 0.0908. The first-order chi connectivity index (χ1) is 7.91. The Hall–Kier alpha value is -1.09. The van der Waals surface area contributed by atoms with Crippen molar-refractivity contribution in [2.75, 3.05) is 5.88 Å². The lowest BCUT2D eigenvalue weighted by Gasteiger charge is -2.27. The van der Waals surface area contributed by atoms with Gasteiger partial charge in [0.25, 0.3) is 5.91 Å². The van der Waals surface area contributed by atoms with Gasteiger partial charge in [-0.2, -0.15) is 0 Å². The molecule has 1 amide bonds. The molecule has 0 saturated carbocycles. The zero-order chi connectivity index (χ0) is 13.1. The standard InChI is InChI=1S/C13H17ClFNO/c1-4-13(3,8-14)16-12(17)10-7-9(2)5-6-11(10)15/h5-7H,4,8H2,1-3H3,(H,16,17). The maximum absolute atomic E-state index is 13.5. The lowest BCUT2D eigenvalue weighted by Crippen LogP contribution is -2.47. The summed E-state index contributed by atoms with van der Waals surface area (Å²) in [6.45, 7) is 5.58. The molecule has 1 aromatic carbocycles. The molecule has 1 rings (SSSR count). The van der Waals surface area contributed by atoms with Crippen molar-refractivity contribution in [3.05, 3.63) is 35.1 Å². The van der Waals surface area contributed by atoms with Gasteiger partial charge >= 0.3 is 0 Å². The van der Waals surface area contributed by atoms with Crippen molar-refractivity contribution in [3.8, 4) is 0 Å². The molecular weight excluding hydrogens is 241 g/mol. The molecule has 1 N–H and O–H groups in total. The summed E-state index contributed by atoms with van der Waals surface area (Å²) in [7, 11) is 0. The number of amides is 1. The van der Waals surface area contributed by atoms with Crippen LogP contribution in [-0.4, -0.2) is 17.3 Å². The van der Waals surface area contributed by atoms with E-state index in [1.165, 1.54) is 12.1 Å². The Labute approximate surface area is 106 Å². The van der Waals surface area contributed by atoms with Crippen LogP contribution in [0, 0.1) is 12.7 Å². The van der Waals surface area contributed by atoms with Crippen molar-refractivity contribution < 1.29 is 9.18 Å². The smallest absolute Gasteiger partial charge is 0.254 e. The Balaban J connectivity index is 2.94. The Morgan fingerprint density at radius 1 is 1.53 bits per heavy atom. The number of hydrogen-bond acceptors (Lipinski definition) is 1. The molecule has 0 bridgehead atoms. The molecular formula is C13H17ClFNO. The largest absolute Gasteiger partial charge is 0.346 e. The Kier molecular flexibility index (Phi) is 4.52. The molecule has 0 aliphatic heterocycles. The molecule has 0 radical (unpaired) electrons. The maximum Gasteiger partial charge on any atom is 0.254 e. The number of rotatable bonds is 4. The number of halogens is 2. The van der Waals surface area contributed by atoms with Gasteiger partial charge in [0.2, 0.25) is 0 Å². The van der Waals surface area contributed by atoms with Crippen LogP contribution in [0.1, 0.15) is 36.2 Å². The molecule has 0 aromatic heterocycles. The minimum atomic E-state index is -0.513. The maximum atomic E-state index is 13.5. The molecule has 0 spiro atoms. The summed E-state index contributed by atoms with van der Waals surface area (Å²) in [6, 6.07) is 4.47. The van der Waals surface area contributed by atoms with Gasteiger partial charge in [0.1, 0.15) is 5.82 Å². The summed E-state index contributed by atoms with van der Waals surface area (Å²) in [5.41, 5.74) is 0.407. The van der Waals surface area contributed by atoms with Crippen molar-refractivity contribution in [2.45, 2.75) is 32.7 Å². The van der Waals surface area contributed by atoms with Crippen LogP contribution in [-0.2, 0) is 0 Å². The van der Waals surface area contributed by atoms with E-state index in [1.54, 1.807) is 6.07 Å². The SMILES string of the molecule is CCC(C)(CCl)NC(=O)c1cc(C)ccc1F. The zero-order valence-corrected chi connectivity index (χ0v) is 11.1. The van der Waals surface area contributed by atoms with Crippen molar-refractivity contribution in [2.24, 2.45) is 0 Å². The molecule has 0 aliphatic rings. The molecule has 0 saturated heterocycles. The van der Waals surface area contributed by atoms with Crippen LogP contribution in [0.5, 0.6) is 0 Å². The van der Waals surface area contributed by atoms with Gasteiger partial charge in [-0.3, -0.25) is 4.79 Å². The molecule has 1 atom stereocenters. The van der Waals surface area contributed by atoms with Crippen LogP contribution < -0.4 is 5.32 Å². The normalized spacial score (nSPS) is 14.2. The van der Waals surface area contributed by atoms with Crippen LogP contribution in [0.4, 0.5) is 4.39 Å². The minimum absolute atomic E-state index is 0.0646. The van der Waals surface area contributed by atoms with Crippen LogP contribution >= 0.6 is 11.6 Å². The van der Waals surface area contributed by atoms with E-state index in [2.05, 4.69) is 5.32 Å². The van der Waals surface area contributed by atoms with Crippen LogP contribution in [0.2, 0.25) is 0 Å². The predicted octanol–water partition coefficient (Wildman–Crippen LogP) is 3.27. The Morgan fingerprint density at radius 2 is 2.18 bits per heavy atom. The summed E-state index contributed by atoms with van der Waals surface area (Å²) in [6.07, 6.45) is 0.690. The van der Waals surface area contributed by atoms with Crippen LogP contribution in [0.25, 0.3) is 0 Å². The highest BCUT2D eigenvalue weighted by atomic mass is 35.5. The Morgan fingerprint density at radius 3 is 2.71 bits per heavy atom. The average Bonchev–Trinajstić information content (AvgIpc) is 2.32. The van der Waals surface area contributed by atoms with E-state index in [0.717, 1.165) is 5.56 Å². The highest BCUT2D eigenvalue weighted by Gasteiger charge is 2.24. The van der Waals surface area contributed by atoms with E-state index in [1.807, 2.05) is 20.8 Å². The minimum Gasteiger partial charge on any atom is -0.346 e. The molecule has 2 nitrogen and oxygen atoms in total. The summed E-state index contributed by atoms with van der Waals surface area (Å²) in [5, 5.41) is 2.77. The number of benzene rings is 1. The fourth-order valence-corrected chi connectivity index (χ4v) is 1.63. The number of aryl methyl sites for hydroxylation is 1. The lowest BCUT2D eigenvalue weighted by atomic mass is 10.0. The van der Waals surface area contributed by atoms with Crippen molar-refractivity contribution in [1.29, 1.82) is 0 Å². The second kappa shape index (κ2) is 5.50. The number of carbonyl (C=O) groups excluding carboxylic acids is 1. The summed E-state index contributed by atoms with van der Waals surface area (Å²) in [4.78, 5) is 11.9. The van der Waals surface area contributed by atoms with Crippen LogP contribution in [0.15, 0.2) is 18.2 Å². The van der Waals surface area contributed by atoms with E-state index in [4.69, 9.17) is 11.6 Å². The summed E-state index contributed by atoms with van der Waals surface area (Å²) in [5.74, 6) is -0.639. The van der Waals surface area contributed by atoms with Gasteiger partial charge < -0.3 is 5.32 Å². The van der Waals surface area contributed by atoms with E-state index < -0.39 is 17.3 Å². The average molecular weight is 258 g/mol. The zero-order valence-electron chi connectivity index (χ0n) is 10.3. The van der Waals surface area contributed by atoms with E-state index >= 15 is 0 Å². The molecule has 94 valence electrons. The second-order valence-electron chi connectivity index (χ2n) is 4.49. The van der Waals surface area contributed by atoms with Crippen molar-refractivity contribution >= 4 is 17.5 Å². The van der Waals surface area contributed by atoms with Gasteiger partial charge in [0.15, 0.2) is 0 Å². The second-order valence-corrected chi connectivity index (χ2v) is 4.75. The molecule has 1 unspecified atom stereocenters. The number of nitrogens with one attached hydrogen (secondary N) is 1. The fourth-order valence-electron chi connectivity index (χ4n) is 1.37.